The molecule has 3 unspecified atom stereocenters. The number of hydrogen-bond donors (Lipinski definition) is 4. The summed E-state index contributed by atoms with van der Waals surface area (Å²) in [5.41, 5.74) is 0. The summed E-state index contributed by atoms with van der Waals surface area (Å²) in [6, 6.07) is 0. The second-order valence-corrected chi connectivity index (χ2v) is 3.62. The quantitative estimate of drug-likeness (QED) is 0.369. The van der Waals surface area contributed by atoms with Crippen LogP contribution in [0.15, 0.2) is 0 Å². The van der Waals surface area contributed by atoms with Crippen molar-refractivity contribution in [3.05, 3.63) is 0 Å². The van der Waals surface area contributed by atoms with E-state index < -0.39 is 18.3 Å². The molecule has 5 heteroatoms. The first-order valence-electron chi connectivity index (χ1n) is 3.22. The van der Waals surface area contributed by atoms with Crippen LogP contribution < -0.4 is 0 Å². The number of thiocarbonyl (C=S) groups is 1. The maximum absolute atomic E-state index is 9.06. The highest BCUT2D eigenvalue weighted by atomic mass is 32.1. The van der Waals surface area contributed by atoms with Crippen molar-refractivity contribution in [2.75, 3.05) is 0 Å². The molecule has 0 saturated heterocycles. The maximum Gasteiger partial charge on any atom is 0.0973 e. The van der Waals surface area contributed by atoms with Crippen molar-refractivity contribution in [1.82, 2.24) is 0 Å². The predicted molar refractivity (Wildman–Crippen MR) is 49.9 cm³/mol. The van der Waals surface area contributed by atoms with Crippen molar-refractivity contribution in [2.24, 2.45) is 0 Å². The van der Waals surface area contributed by atoms with Crippen LogP contribution in [0.25, 0.3) is 0 Å². The number of rotatable bonds is 4. The smallest absolute Gasteiger partial charge is 0.0973 e. The molecule has 0 aliphatic carbocycles. The predicted octanol–water partition coefficient (Wildman–Crippen LogP) is -0.264. The van der Waals surface area contributed by atoms with E-state index in [0.29, 0.717) is 0 Å². The molecule has 3 N–H and O–H groups in total. The Labute approximate surface area is 76.5 Å². The molecule has 0 radical (unpaired) electrons. The van der Waals surface area contributed by atoms with Crippen LogP contribution in [0.5, 0.6) is 0 Å². The van der Waals surface area contributed by atoms with Crippen LogP contribution in [0, 0.1) is 0 Å². The fourth-order valence-electron chi connectivity index (χ4n) is 0.527. The Balaban J connectivity index is 3.75. The maximum atomic E-state index is 9.06. The molecule has 0 bridgehead atoms. The fourth-order valence-corrected chi connectivity index (χ4v) is 0.728. The Hall–Kier alpha value is 0.320. The van der Waals surface area contributed by atoms with E-state index in [-0.39, 0.29) is 10.6 Å². The third kappa shape index (κ3) is 4.71. The van der Waals surface area contributed by atoms with Crippen LogP contribution in [0.1, 0.15) is 13.3 Å². The van der Waals surface area contributed by atoms with E-state index in [1.165, 1.54) is 6.92 Å². The summed E-state index contributed by atoms with van der Waals surface area (Å²) in [5.74, 6) is 0. The molecule has 3 nitrogen and oxygen atoms in total. The molecule has 0 heterocycles. The monoisotopic (exact) mass is 196 g/mol. The molecule has 0 fully saturated rings. The summed E-state index contributed by atoms with van der Waals surface area (Å²) in [4.78, 5) is 0. The molecule has 11 heavy (non-hydrogen) atoms. The van der Waals surface area contributed by atoms with Crippen LogP contribution in [0.4, 0.5) is 0 Å². The molecule has 0 saturated carbocycles. The minimum atomic E-state index is -0.949. The lowest BCUT2D eigenvalue weighted by molar-refractivity contribution is 0.00931. The third-order valence-electron chi connectivity index (χ3n) is 1.31. The first kappa shape index (κ1) is 11.3. The first-order chi connectivity index (χ1) is 4.95. The first-order valence-corrected chi connectivity index (χ1v) is 4.07. The van der Waals surface area contributed by atoms with E-state index in [0.717, 1.165) is 0 Å². The molecule has 0 aliphatic heterocycles. The largest absolute Gasteiger partial charge is 0.391 e. The molecule has 0 aromatic rings. The van der Waals surface area contributed by atoms with Gasteiger partial charge in [-0.3, -0.25) is 0 Å². The molecule has 0 spiro atoms. The highest BCUT2D eigenvalue weighted by Gasteiger charge is 2.17. The third-order valence-corrected chi connectivity index (χ3v) is 1.88. The molecule has 0 amide bonds. The number of aliphatic hydroxyl groups excluding tert-OH is 3. The molecule has 0 rings (SSSR count). The molecule has 3 atom stereocenters. The van der Waals surface area contributed by atoms with Crippen LogP contribution in [-0.2, 0) is 0 Å². The molecule has 0 aromatic heterocycles. The van der Waals surface area contributed by atoms with E-state index in [1.807, 2.05) is 0 Å². The van der Waals surface area contributed by atoms with Crippen molar-refractivity contribution in [3.8, 4) is 0 Å². The van der Waals surface area contributed by atoms with Crippen LogP contribution in [0.2, 0.25) is 0 Å². The summed E-state index contributed by atoms with van der Waals surface area (Å²) >= 11 is 8.27. The molecule has 66 valence electrons. The lowest BCUT2D eigenvalue weighted by atomic mass is 10.1. The van der Waals surface area contributed by atoms with Crippen molar-refractivity contribution < 1.29 is 15.3 Å². The standard InChI is InChI=1S/C6H12O3S2/c1-3(7)4(8)2-5(9)6(10)11/h3-5,7-9H,2H2,1H3,(H,10,11). The average Bonchev–Trinajstić information content (AvgIpc) is 1.87. The molecule has 0 aliphatic rings. The number of thiol groups is 1. The Bertz CT molecular complexity index is 138. The Morgan fingerprint density at radius 1 is 1.45 bits per heavy atom. The second-order valence-electron chi connectivity index (χ2n) is 2.40. The van der Waals surface area contributed by atoms with E-state index in [1.54, 1.807) is 0 Å². The average molecular weight is 196 g/mol. The van der Waals surface area contributed by atoms with Gasteiger partial charge in [-0.05, 0) is 6.92 Å². The molecule has 0 aromatic carbocycles. The normalized spacial score (nSPS) is 19.0. The van der Waals surface area contributed by atoms with Crippen LogP contribution >= 0.6 is 24.8 Å². The lowest BCUT2D eigenvalue weighted by Crippen LogP contribution is -2.29. The minimum Gasteiger partial charge on any atom is -0.391 e. The van der Waals surface area contributed by atoms with Gasteiger partial charge in [0.25, 0.3) is 0 Å². The topological polar surface area (TPSA) is 60.7 Å². The van der Waals surface area contributed by atoms with Gasteiger partial charge in [-0.15, -0.1) is 12.6 Å². The van der Waals surface area contributed by atoms with Gasteiger partial charge in [-0.1, -0.05) is 12.2 Å². The van der Waals surface area contributed by atoms with Crippen LogP contribution in [0.3, 0.4) is 0 Å². The van der Waals surface area contributed by atoms with Gasteiger partial charge in [-0.25, -0.2) is 0 Å². The van der Waals surface area contributed by atoms with Crippen molar-refractivity contribution in [1.29, 1.82) is 0 Å². The van der Waals surface area contributed by atoms with E-state index >= 15 is 0 Å². The summed E-state index contributed by atoms with van der Waals surface area (Å²) in [6.45, 7) is 1.44. The number of aliphatic hydroxyl groups is 3. The SMILES string of the molecule is CC(O)C(O)CC(O)C(=S)S. The van der Waals surface area contributed by atoms with Crippen molar-refractivity contribution in [2.45, 2.75) is 31.7 Å². The van der Waals surface area contributed by atoms with Crippen molar-refractivity contribution in [3.63, 3.8) is 0 Å². The van der Waals surface area contributed by atoms with Gasteiger partial charge >= 0.3 is 0 Å². The fraction of sp³-hybridized carbons (Fsp3) is 0.833. The van der Waals surface area contributed by atoms with Gasteiger partial charge in [0.2, 0.25) is 0 Å². The Morgan fingerprint density at radius 2 is 1.91 bits per heavy atom. The summed E-state index contributed by atoms with van der Waals surface area (Å²) in [7, 11) is 0. The molecular formula is C6H12O3S2. The summed E-state index contributed by atoms with van der Waals surface area (Å²) in [6.07, 6.45) is -2.71. The zero-order chi connectivity index (χ0) is 9.02. The van der Waals surface area contributed by atoms with Gasteiger partial charge in [0.05, 0.1) is 22.5 Å². The highest BCUT2D eigenvalue weighted by Crippen LogP contribution is 2.06. The van der Waals surface area contributed by atoms with E-state index in [9.17, 15) is 0 Å². The highest BCUT2D eigenvalue weighted by molar-refractivity contribution is 8.11. The minimum absolute atomic E-state index is 0.0278. The molecular weight excluding hydrogens is 184 g/mol. The zero-order valence-corrected chi connectivity index (χ0v) is 7.85. The summed E-state index contributed by atoms with van der Waals surface area (Å²) < 4.78 is 0.129. The van der Waals surface area contributed by atoms with Gasteiger partial charge in [0.1, 0.15) is 0 Å². The zero-order valence-electron chi connectivity index (χ0n) is 6.14. The van der Waals surface area contributed by atoms with E-state index in [2.05, 4.69) is 24.8 Å². The Kier molecular flexibility index (Phi) is 5.20. The second kappa shape index (κ2) is 5.05. The summed E-state index contributed by atoms with van der Waals surface area (Å²) in [5, 5.41) is 26.9. The lowest BCUT2D eigenvalue weighted by Gasteiger charge is -2.16. The number of hydrogen-bond acceptors (Lipinski definition) is 4. The van der Waals surface area contributed by atoms with Gasteiger partial charge in [0, 0.05) is 6.42 Å². The van der Waals surface area contributed by atoms with Gasteiger partial charge < -0.3 is 15.3 Å². The van der Waals surface area contributed by atoms with Gasteiger partial charge in [0.15, 0.2) is 0 Å². The Morgan fingerprint density at radius 3 is 2.18 bits per heavy atom. The van der Waals surface area contributed by atoms with Crippen LogP contribution in [-0.4, -0.2) is 37.8 Å². The van der Waals surface area contributed by atoms with Crippen molar-refractivity contribution >= 4 is 29.0 Å². The van der Waals surface area contributed by atoms with E-state index in [4.69, 9.17) is 15.3 Å². The van der Waals surface area contributed by atoms with Gasteiger partial charge in [-0.2, -0.15) is 0 Å².